The molecule has 3 aliphatic rings. The van der Waals surface area contributed by atoms with Gasteiger partial charge in [-0.3, -0.25) is 4.99 Å². The van der Waals surface area contributed by atoms with Crippen LogP contribution in [-0.2, 0) is 0 Å². The van der Waals surface area contributed by atoms with Crippen LogP contribution in [0.2, 0.25) is 0 Å². The first-order valence-corrected chi connectivity index (χ1v) is 7.50. The maximum Gasteiger partial charge on any atom is 0.0427 e. The number of aliphatic imine (C=N–C) groups is 1. The number of rotatable bonds is 4. The minimum atomic E-state index is 0.360. The van der Waals surface area contributed by atoms with Gasteiger partial charge in [0.05, 0.1) is 0 Å². The molecule has 2 saturated heterocycles. The Bertz CT molecular complexity index is 463. The van der Waals surface area contributed by atoms with Gasteiger partial charge >= 0.3 is 0 Å². The Labute approximate surface area is 121 Å². The van der Waals surface area contributed by atoms with Gasteiger partial charge < -0.3 is 15.5 Å². The lowest BCUT2D eigenvalue weighted by Crippen LogP contribution is -2.42. The van der Waals surface area contributed by atoms with Crippen LogP contribution >= 0.6 is 0 Å². The Balaban J connectivity index is 1.74. The third-order valence-corrected chi connectivity index (χ3v) is 4.55. The van der Waals surface area contributed by atoms with E-state index in [-0.39, 0.29) is 0 Å². The molecule has 0 amide bonds. The van der Waals surface area contributed by atoms with Crippen LogP contribution < -0.4 is 10.6 Å². The highest BCUT2D eigenvalue weighted by molar-refractivity contribution is 5.34. The maximum atomic E-state index is 3.99. The summed E-state index contributed by atoms with van der Waals surface area (Å²) >= 11 is 0. The van der Waals surface area contributed by atoms with Gasteiger partial charge in [-0.25, -0.2) is 0 Å². The van der Waals surface area contributed by atoms with Crippen LogP contribution in [0.1, 0.15) is 19.8 Å². The minimum Gasteiger partial charge on any atom is -0.369 e. The van der Waals surface area contributed by atoms with Crippen molar-refractivity contribution in [1.82, 2.24) is 15.5 Å². The summed E-state index contributed by atoms with van der Waals surface area (Å²) < 4.78 is 0. The topological polar surface area (TPSA) is 39.7 Å². The summed E-state index contributed by atoms with van der Waals surface area (Å²) in [5.41, 5.74) is 2.59. The molecule has 2 fully saturated rings. The van der Waals surface area contributed by atoms with Gasteiger partial charge in [0.1, 0.15) is 0 Å². The lowest BCUT2D eigenvalue weighted by molar-refractivity contribution is 0.285. The van der Waals surface area contributed by atoms with E-state index in [1.807, 2.05) is 6.20 Å². The monoisotopic (exact) mass is 272 g/mol. The van der Waals surface area contributed by atoms with Crippen molar-refractivity contribution >= 4 is 6.72 Å². The summed E-state index contributed by atoms with van der Waals surface area (Å²) in [4.78, 5) is 6.53. The Morgan fingerprint density at radius 1 is 1.40 bits per heavy atom. The predicted octanol–water partition coefficient (Wildman–Crippen LogP) is 1.44. The van der Waals surface area contributed by atoms with E-state index in [0.717, 1.165) is 26.1 Å². The van der Waals surface area contributed by atoms with E-state index in [2.05, 4.69) is 52.4 Å². The first kappa shape index (κ1) is 13.6. The van der Waals surface area contributed by atoms with Crippen molar-refractivity contribution < 1.29 is 0 Å². The lowest BCUT2D eigenvalue weighted by atomic mass is 10.0. The molecule has 4 nitrogen and oxygen atoms in total. The van der Waals surface area contributed by atoms with E-state index in [0.29, 0.717) is 18.1 Å². The molecule has 2 bridgehead atoms. The molecule has 0 spiro atoms. The molecule has 2 N–H and O–H groups in total. The van der Waals surface area contributed by atoms with Crippen molar-refractivity contribution in [2.45, 2.75) is 37.9 Å². The standard InChI is InChI=1S/C16H24N4/c1-12(20-11-14-8-15(20)10-19-14)7-13(9-17-2)16-5-3-4-6-18-16/h3-4,7,9,14-16,18-19H,2,5-6,8,10-11H2,1H3/b12-7+,13-9+. The largest absolute Gasteiger partial charge is 0.369 e. The van der Waals surface area contributed by atoms with Crippen molar-refractivity contribution in [2.24, 2.45) is 4.99 Å². The summed E-state index contributed by atoms with van der Waals surface area (Å²) in [5, 5.41) is 7.06. The molecule has 3 aliphatic heterocycles. The molecule has 0 aliphatic carbocycles. The molecule has 4 heteroatoms. The van der Waals surface area contributed by atoms with Crippen molar-refractivity contribution in [3.05, 3.63) is 35.7 Å². The third kappa shape index (κ3) is 2.72. The minimum absolute atomic E-state index is 0.360. The molecule has 3 heterocycles. The highest BCUT2D eigenvalue weighted by Crippen LogP contribution is 2.28. The normalized spacial score (nSPS) is 33.9. The number of likely N-dealkylation sites (tertiary alicyclic amines) is 1. The maximum absolute atomic E-state index is 3.99. The molecule has 0 aromatic heterocycles. The van der Waals surface area contributed by atoms with Crippen LogP contribution in [0.15, 0.2) is 40.7 Å². The van der Waals surface area contributed by atoms with Gasteiger partial charge in [-0.15, -0.1) is 0 Å². The molecular formula is C16H24N4. The quantitative estimate of drug-likeness (QED) is 0.462. The fourth-order valence-electron chi connectivity index (χ4n) is 3.51. The molecule has 108 valence electrons. The zero-order chi connectivity index (χ0) is 13.9. The lowest BCUT2D eigenvalue weighted by Gasteiger charge is -2.31. The van der Waals surface area contributed by atoms with E-state index in [4.69, 9.17) is 0 Å². The summed E-state index contributed by atoms with van der Waals surface area (Å²) in [7, 11) is 0. The predicted molar refractivity (Wildman–Crippen MR) is 83.8 cm³/mol. The molecule has 3 rings (SSSR count). The Kier molecular flexibility index (Phi) is 4.03. The number of piperazine rings is 1. The van der Waals surface area contributed by atoms with E-state index in [9.17, 15) is 0 Å². The van der Waals surface area contributed by atoms with Crippen LogP contribution in [0.3, 0.4) is 0 Å². The zero-order valence-electron chi connectivity index (χ0n) is 12.2. The van der Waals surface area contributed by atoms with E-state index in [1.54, 1.807) is 0 Å². The van der Waals surface area contributed by atoms with Crippen molar-refractivity contribution in [2.75, 3.05) is 19.6 Å². The highest BCUT2D eigenvalue weighted by Gasteiger charge is 2.37. The van der Waals surface area contributed by atoms with Gasteiger partial charge in [0.2, 0.25) is 0 Å². The van der Waals surface area contributed by atoms with Crippen molar-refractivity contribution in [3.8, 4) is 0 Å². The number of fused-ring (bicyclic) bond motifs is 2. The number of nitrogens with one attached hydrogen (secondary N) is 2. The number of hydrogen-bond acceptors (Lipinski definition) is 4. The van der Waals surface area contributed by atoms with Crippen molar-refractivity contribution in [3.63, 3.8) is 0 Å². The Morgan fingerprint density at radius 2 is 2.30 bits per heavy atom. The Morgan fingerprint density at radius 3 is 2.90 bits per heavy atom. The smallest absolute Gasteiger partial charge is 0.0427 e. The van der Waals surface area contributed by atoms with E-state index >= 15 is 0 Å². The molecular weight excluding hydrogens is 248 g/mol. The second-order valence-corrected chi connectivity index (χ2v) is 5.91. The van der Waals surface area contributed by atoms with Gasteiger partial charge in [0.25, 0.3) is 0 Å². The van der Waals surface area contributed by atoms with Gasteiger partial charge in [-0.05, 0) is 38.1 Å². The highest BCUT2D eigenvalue weighted by atomic mass is 15.3. The SMILES string of the molecule is C=N/C=C(\C=C(/C)N1CC2CC1CN2)C1CC=CCN1. The zero-order valence-corrected chi connectivity index (χ0v) is 12.2. The second kappa shape index (κ2) is 5.94. The van der Waals surface area contributed by atoms with Crippen LogP contribution in [0.5, 0.6) is 0 Å². The van der Waals surface area contributed by atoms with Gasteiger partial charge in [0.15, 0.2) is 0 Å². The summed E-state index contributed by atoms with van der Waals surface area (Å²) in [6.45, 7) is 9.03. The van der Waals surface area contributed by atoms with Crippen LogP contribution in [-0.4, -0.2) is 49.4 Å². The fraction of sp³-hybridized carbons (Fsp3) is 0.562. The second-order valence-electron chi connectivity index (χ2n) is 5.91. The number of allylic oxidation sites excluding steroid dienone is 1. The average Bonchev–Trinajstić information content (AvgIpc) is 3.10. The molecule has 20 heavy (non-hydrogen) atoms. The summed E-state index contributed by atoms with van der Waals surface area (Å²) in [6, 6.07) is 1.72. The van der Waals surface area contributed by atoms with Gasteiger partial charge in [-0.1, -0.05) is 12.2 Å². The molecule has 0 radical (unpaired) electrons. The van der Waals surface area contributed by atoms with E-state index in [1.165, 1.54) is 17.7 Å². The number of nitrogens with zero attached hydrogens (tertiary/aromatic N) is 2. The number of hydrogen-bond donors (Lipinski definition) is 2. The third-order valence-electron chi connectivity index (χ3n) is 4.55. The van der Waals surface area contributed by atoms with Gasteiger partial charge in [0, 0.05) is 49.7 Å². The average molecular weight is 272 g/mol. The van der Waals surface area contributed by atoms with Gasteiger partial charge in [-0.2, -0.15) is 0 Å². The molecule has 0 aromatic rings. The molecule has 3 unspecified atom stereocenters. The van der Waals surface area contributed by atoms with Crippen LogP contribution in [0.25, 0.3) is 0 Å². The molecule has 3 atom stereocenters. The first-order chi connectivity index (χ1) is 9.78. The van der Waals surface area contributed by atoms with Crippen molar-refractivity contribution in [1.29, 1.82) is 0 Å². The van der Waals surface area contributed by atoms with Crippen LogP contribution in [0.4, 0.5) is 0 Å². The summed E-state index contributed by atoms with van der Waals surface area (Å²) in [5.74, 6) is 0. The molecule has 0 aromatic carbocycles. The fourth-order valence-corrected chi connectivity index (χ4v) is 3.51. The van der Waals surface area contributed by atoms with Crippen LogP contribution in [0, 0.1) is 0 Å². The van der Waals surface area contributed by atoms with E-state index < -0.39 is 0 Å². The first-order valence-electron chi connectivity index (χ1n) is 7.50. The summed E-state index contributed by atoms with van der Waals surface area (Å²) in [6.07, 6.45) is 10.9. The molecule has 0 saturated carbocycles. The Hall–Kier alpha value is -1.39.